The lowest BCUT2D eigenvalue weighted by atomic mass is 9.72. The maximum absolute atomic E-state index is 10.6. The molecule has 3 atom stereocenters. The van der Waals surface area contributed by atoms with Gasteiger partial charge in [0.1, 0.15) is 5.60 Å². The first-order chi connectivity index (χ1) is 7.56. The molecule has 3 unspecified atom stereocenters. The van der Waals surface area contributed by atoms with Crippen LogP contribution in [0.25, 0.3) is 0 Å². The fourth-order valence-corrected chi connectivity index (χ4v) is 2.96. The van der Waals surface area contributed by atoms with Crippen LogP contribution in [-0.2, 0) is 9.47 Å². The van der Waals surface area contributed by atoms with Gasteiger partial charge in [-0.05, 0) is 31.6 Å². The molecule has 0 heterocycles. The first-order valence-electron chi connectivity index (χ1n) is 6.34. The molecule has 0 saturated heterocycles. The number of methoxy groups -OCH3 is 2. The van der Waals surface area contributed by atoms with Gasteiger partial charge in [-0.15, -0.1) is 0 Å². The molecule has 3 nitrogen and oxygen atoms in total. The van der Waals surface area contributed by atoms with Crippen molar-refractivity contribution in [3.8, 4) is 0 Å². The van der Waals surface area contributed by atoms with Gasteiger partial charge in [-0.2, -0.15) is 0 Å². The van der Waals surface area contributed by atoms with Crippen LogP contribution < -0.4 is 0 Å². The largest absolute Gasteiger partial charge is 0.385 e. The molecule has 0 spiro atoms. The maximum atomic E-state index is 10.6. The monoisotopic (exact) mass is 230 g/mol. The highest BCUT2D eigenvalue weighted by Gasteiger charge is 2.42. The number of aliphatic hydroxyl groups is 1. The standard InChI is InChI=1S/C13H26O3/c1-5-10-7-6-8-11(9-10)13(2,14)12(15-3)16-4/h10-12,14H,5-9H2,1-4H3. The highest BCUT2D eigenvalue weighted by atomic mass is 16.7. The molecule has 1 rings (SSSR count). The molecule has 0 bridgehead atoms. The van der Waals surface area contributed by atoms with Crippen LogP contribution in [-0.4, -0.2) is 31.2 Å². The normalized spacial score (nSPS) is 30.4. The van der Waals surface area contributed by atoms with Crippen LogP contribution in [0.2, 0.25) is 0 Å². The predicted molar refractivity (Wildman–Crippen MR) is 64.2 cm³/mol. The van der Waals surface area contributed by atoms with E-state index in [9.17, 15) is 5.11 Å². The zero-order valence-corrected chi connectivity index (χ0v) is 11.0. The van der Waals surface area contributed by atoms with E-state index in [1.54, 1.807) is 14.2 Å². The van der Waals surface area contributed by atoms with Crippen molar-refractivity contribution in [3.05, 3.63) is 0 Å². The summed E-state index contributed by atoms with van der Waals surface area (Å²) in [6.07, 6.45) is 5.36. The van der Waals surface area contributed by atoms with Gasteiger partial charge < -0.3 is 14.6 Å². The van der Waals surface area contributed by atoms with Crippen molar-refractivity contribution in [2.24, 2.45) is 11.8 Å². The Labute approximate surface area is 99.1 Å². The Morgan fingerprint density at radius 2 is 1.94 bits per heavy atom. The highest BCUT2D eigenvalue weighted by Crippen LogP contribution is 2.39. The van der Waals surface area contributed by atoms with Crippen molar-refractivity contribution in [2.75, 3.05) is 14.2 Å². The van der Waals surface area contributed by atoms with E-state index < -0.39 is 11.9 Å². The quantitative estimate of drug-likeness (QED) is 0.738. The van der Waals surface area contributed by atoms with Crippen LogP contribution in [0.5, 0.6) is 0 Å². The maximum Gasteiger partial charge on any atom is 0.185 e. The second-order valence-corrected chi connectivity index (χ2v) is 5.17. The van der Waals surface area contributed by atoms with E-state index in [0.29, 0.717) is 0 Å². The van der Waals surface area contributed by atoms with E-state index >= 15 is 0 Å². The zero-order valence-electron chi connectivity index (χ0n) is 11.0. The lowest BCUT2D eigenvalue weighted by Gasteiger charge is -2.41. The third-order valence-corrected chi connectivity index (χ3v) is 4.09. The second kappa shape index (κ2) is 5.99. The molecule has 1 fully saturated rings. The summed E-state index contributed by atoms with van der Waals surface area (Å²) in [7, 11) is 3.17. The van der Waals surface area contributed by atoms with Crippen LogP contribution >= 0.6 is 0 Å². The molecule has 0 aliphatic heterocycles. The van der Waals surface area contributed by atoms with Gasteiger partial charge in [0.25, 0.3) is 0 Å². The van der Waals surface area contributed by atoms with Crippen molar-refractivity contribution < 1.29 is 14.6 Å². The number of rotatable bonds is 5. The summed E-state index contributed by atoms with van der Waals surface area (Å²) in [4.78, 5) is 0. The number of ether oxygens (including phenoxy) is 2. The summed E-state index contributed by atoms with van der Waals surface area (Å²) >= 11 is 0. The van der Waals surface area contributed by atoms with Crippen molar-refractivity contribution in [1.82, 2.24) is 0 Å². The summed E-state index contributed by atoms with van der Waals surface area (Å²) in [6, 6.07) is 0. The van der Waals surface area contributed by atoms with E-state index in [2.05, 4.69) is 6.92 Å². The molecule has 0 aromatic rings. The Bertz CT molecular complexity index is 199. The van der Waals surface area contributed by atoms with Crippen LogP contribution in [0.4, 0.5) is 0 Å². The number of hydrogen-bond acceptors (Lipinski definition) is 3. The molecule has 3 heteroatoms. The SMILES string of the molecule is CCC1CCCC(C(C)(O)C(OC)OC)C1. The average Bonchev–Trinajstić information content (AvgIpc) is 2.30. The van der Waals surface area contributed by atoms with Gasteiger partial charge in [0.15, 0.2) is 6.29 Å². The lowest BCUT2D eigenvalue weighted by molar-refractivity contribution is -0.232. The molecule has 0 radical (unpaired) electrons. The Hall–Kier alpha value is -0.120. The predicted octanol–water partition coefficient (Wildman–Crippen LogP) is 2.57. The second-order valence-electron chi connectivity index (χ2n) is 5.17. The first kappa shape index (κ1) is 13.9. The smallest absolute Gasteiger partial charge is 0.185 e. The molecule has 16 heavy (non-hydrogen) atoms. The number of hydrogen-bond donors (Lipinski definition) is 1. The fraction of sp³-hybridized carbons (Fsp3) is 1.00. The summed E-state index contributed by atoms with van der Waals surface area (Å²) < 4.78 is 10.4. The van der Waals surface area contributed by atoms with Gasteiger partial charge in [-0.25, -0.2) is 0 Å². The molecule has 1 aliphatic carbocycles. The van der Waals surface area contributed by atoms with Crippen LogP contribution in [0.3, 0.4) is 0 Å². The molecule has 1 saturated carbocycles. The summed E-state index contributed by atoms with van der Waals surface area (Å²) in [5.74, 6) is 1.04. The third kappa shape index (κ3) is 2.96. The minimum absolute atomic E-state index is 0.288. The van der Waals surface area contributed by atoms with Gasteiger partial charge in [-0.3, -0.25) is 0 Å². The van der Waals surface area contributed by atoms with Crippen molar-refractivity contribution in [2.45, 2.75) is 57.8 Å². The molecular weight excluding hydrogens is 204 g/mol. The average molecular weight is 230 g/mol. The van der Waals surface area contributed by atoms with Gasteiger partial charge >= 0.3 is 0 Å². The van der Waals surface area contributed by atoms with Crippen LogP contribution in [0.15, 0.2) is 0 Å². The van der Waals surface area contributed by atoms with Gasteiger partial charge in [0.05, 0.1) is 0 Å². The zero-order chi connectivity index (χ0) is 12.2. The molecule has 96 valence electrons. The summed E-state index contributed by atoms with van der Waals surface area (Å²) in [6.45, 7) is 4.07. The molecule has 0 aromatic heterocycles. The molecule has 0 aromatic carbocycles. The molecule has 1 aliphatic rings. The van der Waals surface area contributed by atoms with Crippen molar-refractivity contribution >= 4 is 0 Å². The van der Waals surface area contributed by atoms with E-state index in [1.165, 1.54) is 19.3 Å². The topological polar surface area (TPSA) is 38.7 Å². The Morgan fingerprint density at radius 1 is 1.31 bits per heavy atom. The van der Waals surface area contributed by atoms with Crippen molar-refractivity contribution in [1.29, 1.82) is 0 Å². The third-order valence-electron chi connectivity index (χ3n) is 4.09. The van der Waals surface area contributed by atoms with E-state index in [0.717, 1.165) is 18.8 Å². The Kier molecular flexibility index (Phi) is 5.22. The van der Waals surface area contributed by atoms with Gasteiger partial charge in [0.2, 0.25) is 0 Å². The van der Waals surface area contributed by atoms with Gasteiger partial charge in [-0.1, -0.05) is 26.2 Å². The first-order valence-corrected chi connectivity index (χ1v) is 6.34. The summed E-state index contributed by atoms with van der Waals surface area (Å²) in [5.41, 5.74) is -0.878. The molecule has 0 amide bonds. The molecular formula is C13H26O3. The van der Waals surface area contributed by atoms with Crippen LogP contribution in [0, 0.1) is 11.8 Å². The summed E-state index contributed by atoms with van der Waals surface area (Å²) in [5, 5.41) is 10.6. The molecule has 1 N–H and O–H groups in total. The Balaban J connectivity index is 2.66. The van der Waals surface area contributed by atoms with E-state index in [-0.39, 0.29) is 5.92 Å². The highest BCUT2D eigenvalue weighted by molar-refractivity contribution is 4.89. The van der Waals surface area contributed by atoms with Crippen LogP contribution in [0.1, 0.15) is 46.0 Å². The van der Waals surface area contributed by atoms with E-state index in [1.807, 2.05) is 6.92 Å². The van der Waals surface area contributed by atoms with Gasteiger partial charge in [0, 0.05) is 14.2 Å². The van der Waals surface area contributed by atoms with Crippen molar-refractivity contribution in [3.63, 3.8) is 0 Å². The lowest BCUT2D eigenvalue weighted by Crippen LogP contribution is -2.49. The fourth-order valence-electron chi connectivity index (χ4n) is 2.96. The van der Waals surface area contributed by atoms with E-state index in [4.69, 9.17) is 9.47 Å². The minimum atomic E-state index is -0.878. The Morgan fingerprint density at radius 3 is 2.44 bits per heavy atom. The minimum Gasteiger partial charge on any atom is -0.385 e.